The number of benzene rings is 1. The highest BCUT2D eigenvalue weighted by molar-refractivity contribution is 7.18. The molecule has 0 fully saturated rings. The molecule has 0 aliphatic heterocycles. The number of hydrogen-bond donors (Lipinski definition) is 1. The second-order valence-corrected chi connectivity index (χ2v) is 7.61. The molecule has 1 amide bonds. The van der Waals surface area contributed by atoms with Crippen LogP contribution in [0.2, 0.25) is 0 Å². The van der Waals surface area contributed by atoms with E-state index in [1.54, 1.807) is 11.3 Å². The van der Waals surface area contributed by atoms with Crippen molar-refractivity contribution in [3.8, 4) is 0 Å². The summed E-state index contributed by atoms with van der Waals surface area (Å²) in [4.78, 5) is 31.7. The third-order valence-corrected chi connectivity index (χ3v) is 5.95. The van der Waals surface area contributed by atoms with Gasteiger partial charge in [0.2, 0.25) is 5.91 Å². The molecule has 1 N–H and O–H groups in total. The molecule has 1 aromatic carbocycles. The van der Waals surface area contributed by atoms with Gasteiger partial charge in [-0.25, -0.2) is 4.98 Å². The molecule has 0 atom stereocenters. The first kappa shape index (κ1) is 16.0. The average molecular weight is 353 g/mol. The van der Waals surface area contributed by atoms with Gasteiger partial charge in [0.25, 0.3) is 5.56 Å². The number of anilines is 1. The highest BCUT2D eigenvalue weighted by Gasteiger charge is 2.21. The molecular formula is C19H19N3O2S. The van der Waals surface area contributed by atoms with Crippen molar-refractivity contribution in [2.24, 2.45) is 0 Å². The summed E-state index contributed by atoms with van der Waals surface area (Å²) >= 11 is 1.61. The number of thiophene rings is 1. The summed E-state index contributed by atoms with van der Waals surface area (Å²) in [6, 6.07) is 5.87. The standard InChI is InChI=1S/C19H19N3O2S/c1-11-5-3-6-12(2)17(11)21-15(23)9-22-10-20-18-16(19(22)24)13-7-4-8-14(13)25-18/h3,5-6,10H,4,7-9H2,1-2H3,(H,21,23). The lowest BCUT2D eigenvalue weighted by Crippen LogP contribution is -2.28. The minimum atomic E-state index is -0.215. The Bertz CT molecular complexity index is 1030. The van der Waals surface area contributed by atoms with Crippen molar-refractivity contribution in [3.63, 3.8) is 0 Å². The SMILES string of the molecule is Cc1cccc(C)c1NC(=O)Cn1cnc2sc3c(c2c1=O)CCC3. The summed E-state index contributed by atoms with van der Waals surface area (Å²) in [6.07, 6.45) is 4.55. The molecule has 2 aromatic heterocycles. The molecule has 3 aromatic rings. The van der Waals surface area contributed by atoms with Gasteiger partial charge in [-0.1, -0.05) is 18.2 Å². The lowest BCUT2D eigenvalue weighted by atomic mass is 10.1. The van der Waals surface area contributed by atoms with Gasteiger partial charge in [-0.3, -0.25) is 14.2 Å². The maximum atomic E-state index is 12.8. The quantitative estimate of drug-likeness (QED) is 0.786. The molecule has 0 saturated heterocycles. The van der Waals surface area contributed by atoms with Crippen molar-refractivity contribution >= 4 is 33.1 Å². The topological polar surface area (TPSA) is 64.0 Å². The van der Waals surface area contributed by atoms with Crippen LogP contribution in [0.1, 0.15) is 28.0 Å². The zero-order valence-corrected chi connectivity index (χ0v) is 15.1. The van der Waals surface area contributed by atoms with E-state index in [1.807, 2.05) is 32.0 Å². The number of hydrogen-bond acceptors (Lipinski definition) is 4. The maximum absolute atomic E-state index is 12.8. The molecule has 5 nitrogen and oxygen atoms in total. The molecule has 1 aliphatic carbocycles. The van der Waals surface area contributed by atoms with Crippen molar-refractivity contribution < 1.29 is 4.79 Å². The van der Waals surface area contributed by atoms with Crippen LogP contribution in [0.4, 0.5) is 5.69 Å². The van der Waals surface area contributed by atoms with Gasteiger partial charge in [0.05, 0.1) is 11.7 Å². The zero-order valence-electron chi connectivity index (χ0n) is 14.3. The average Bonchev–Trinajstić information content (AvgIpc) is 3.14. The van der Waals surface area contributed by atoms with E-state index in [0.29, 0.717) is 5.39 Å². The molecular weight excluding hydrogens is 334 g/mol. The molecule has 0 spiro atoms. The monoisotopic (exact) mass is 353 g/mol. The van der Waals surface area contributed by atoms with Crippen LogP contribution < -0.4 is 10.9 Å². The van der Waals surface area contributed by atoms with Crippen LogP contribution in [-0.4, -0.2) is 15.5 Å². The number of nitrogens with one attached hydrogen (secondary N) is 1. The van der Waals surface area contributed by atoms with E-state index in [1.165, 1.54) is 15.8 Å². The highest BCUT2D eigenvalue weighted by atomic mass is 32.1. The van der Waals surface area contributed by atoms with Gasteiger partial charge in [-0.2, -0.15) is 0 Å². The molecule has 25 heavy (non-hydrogen) atoms. The van der Waals surface area contributed by atoms with Crippen LogP contribution in [0, 0.1) is 13.8 Å². The Labute approximate surface area is 149 Å². The van der Waals surface area contributed by atoms with Crippen molar-refractivity contribution in [1.29, 1.82) is 0 Å². The van der Waals surface area contributed by atoms with E-state index in [-0.39, 0.29) is 18.0 Å². The van der Waals surface area contributed by atoms with E-state index in [9.17, 15) is 9.59 Å². The van der Waals surface area contributed by atoms with Crippen LogP contribution in [0.25, 0.3) is 10.2 Å². The second-order valence-electron chi connectivity index (χ2n) is 6.53. The summed E-state index contributed by atoms with van der Waals surface area (Å²) in [7, 11) is 0. The first-order valence-electron chi connectivity index (χ1n) is 8.40. The van der Waals surface area contributed by atoms with E-state index in [0.717, 1.165) is 46.5 Å². The molecule has 6 heteroatoms. The summed E-state index contributed by atoms with van der Waals surface area (Å²) in [6.45, 7) is 3.88. The zero-order chi connectivity index (χ0) is 17.6. The fourth-order valence-corrected chi connectivity index (χ4v) is 4.70. The number of fused-ring (bicyclic) bond motifs is 3. The Morgan fingerprint density at radius 3 is 2.80 bits per heavy atom. The summed E-state index contributed by atoms with van der Waals surface area (Å²) in [5.41, 5.74) is 3.85. The fourth-order valence-electron chi connectivity index (χ4n) is 3.48. The van der Waals surface area contributed by atoms with Gasteiger partial charge in [0, 0.05) is 10.6 Å². The number of carbonyl (C=O) groups is 1. The number of rotatable bonds is 3. The lowest BCUT2D eigenvalue weighted by Gasteiger charge is -2.12. The summed E-state index contributed by atoms with van der Waals surface area (Å²) < 4.78 is 1.41. The smallest absolute Gasteiger partial charge is 0.262 e. The number of amides is 1. The molecule has 0 saturated carbocycles. The largest absolute Gasteiger partial charge is 0.324 e. The Morgan fingerprint density at radius 1 is 1.28 bits per heavy atom. The van der Waals surface area contributed by atoms with Gasteiger partial charge in [-0.05, 0) is 49.8 Å². The first-order chi connectivity index (χ1) is 12.0. The fraction of sp³-hybridized carbons (Fsp3) is 0.316. The first-order valence-corrected chi connectivity index (χ1v) is 9.22. The number of para-hydroxylation sites is 1. The third-order valence-electron chi connectivity index (χ3n) is 4.75. The third kappa shape index (κ3) is 2.76. The van der Waals surface area contributed by atoms with Crippen molar-refractivity contribution in [2.45, 2.75) is 39.7 Å². The van der Waals surface area contributed by atoms with Crippen molar-refractivity contribution in [3.05, 3.63) is 56.4 Å². The lowest BCUT2D eigenvalue weighted by molar-refractivity contribution is -0.116. The van der Waals surface area contributed by atoms with Crippen LogP contribution in [0.15, 0.2) is 29.3 Å². The number of nitrogens with zero attached hydrogens (tertiary/aromatic N) is 2. The van der Waals surface area contributed by atoms with Gasteiger partial charge in [-0.15, -0.1) is 11.3 Å². The summed E-state index contributed by atoms with van der Waals surface area (Å²) in [5.74, 6) is -0.215. The Hall–Kier alpha value is -2.47. The predicted octanol–water partition coefficient (Wildman–Crippen LogP) is 3.20. The molecule has 0 radical (unpaired) electrons. The number of carbonyl (C=O) groups excluding carboxylic acids is 1. The van der Waals surface area contributed by atoms with E-state index in [2.05, 4.69) is 10.3 Å². The molecule has 2 heterocycles. The van der Waals surface area contributed by atoms with Crippen LogP contribution in [-0.2, 0) is 24.2 Å². The summed E-state index contributed by atoms with van der Waals surface area (Å²) in [5, 5.41) is 3.63. The van der Waals surface area contributed by atoms with E-state index in [4.69, 9.17) is 0 Å². The maximum Gasteiger partial charge on any atom is 0.262 e. The van der Waals surface area contributed by atoms with E-state index < -0.39 is 0 Å². The minimum absolute atomic E-state index is 0.0276. The second kappa shape index (κ2) is 6.11. The molecule has 1 aliphatic rings. The Morgan fingerprint density at radius 2 is 2.04 bits per heavy atom. The Kier molecular flexibility index (Phi) is 3.92. The van der Waals surface area contributed by atoms with Gasteiger partial charge in [0.1, 0.15) is 11.4 Å². The van der Waals surface area contributed by atoms with Crippen molar-refractivity contribution in [1.82, 2.24) is 9.55 Å². The predicted molar refractivity (Wildman–Crippen MR) is 100 cm³/mol. The van der Waals surface area contributed by atoms with Gasteiger partial charge in [0.15, 0.2) is 0 Å². The molecule has 0 bridgehead atoms. The molecule has 128 valence electrons. The van der Waals surface area contributed by atoms with E-state index >= 15 is 0 Å². The van der Waals surface area contributed by atoms with Crippen molar-refractivity contribution in [2.75, 3.05) is 5.32 Å². The number of aromatic nitrogens is 2. The highest BCUT2D eigenvalue weighted by Crippen LogP contribution is 2.34. The Balaban J connectivity index is 1.64. The minimum Gasteiger partial charge on any atom is -0.324 e. The normalized spacial score (nSPS) is 13.2. The molecule has 0 unspecified atom stereocenters. The van der Waals surface area contributed by atoms with Crippen LogP contribution in [0.5, 0.6) is 0 Å². The number of aryl methyl sites for hydroxylation is 4. The molecule has 4 rings (SSSR count). The van der Waals surface area contributed by atoms with Crippen LogP contribution in [0.3, 0.4) is 0 Å². The van der Waals surface area contributed by atoms with Gasteiger partial charge < -0.3 is 5.32 Å². The van der Waals surface area contributed by atoms with Crippen LogP contribution >= 0.6 is 11.3 Å². The van der Waals surface area contributed by atoms with Gasteiger partial charge >= 0.3 is 0 Å².